The van der Waals surface area contributed by atoms with Crippen molar-refractivity contribution in [3.05, 3.63) is 65.5 Å². The van der Waals surface area contributed by atoms with E-state index in [0.29, 0.717) is 31.5 Å². The van der Waals surface area contributed by atoms with Crippen LogP contribution in [-0.2, 0) is 21.4 Å². The maximum absolute atomic E-state index is 13.8. The predicted molar refractivity (Wildman–Crippen MR) is 113 cm³/mol. The summed E-state index contributed by atoms with van der Waals surface area (Å²) in [5, 5.41) is 2.99. The number of hydrogen-bond donors (Lipinski definition) is 1. The highest BCUT2D eigenvalue weighted by Gasteiger charge is 2.27. The molecule has 0 saturated carbocycles. The Morgan fingerprint density at radius 2 is 1.66 bits per heavy atom. The molecule has 0 bridgehead atoms. The molecule has 1 fully saturated rings. The molecule has 5 heteroatoms. The van der Waals surface area contributed by atoms with E-state index in [0.717, 1.165) is 5.69 Å². The fraction of sp³-hybridized carbons (Fsp3) is 0.417. The third-order valence-electron chi connectivity index (χ3n) is 5.54. The summed E-state index contributed by atoms with van der Waals surface area (Å²) in [6.45, 7) is 7.51. The van der Waals surface area contributed by atoms with Gasteiger partial charge in [0, 0.05) is 24.7 Å². The number of nitrogens with zero attached hydrogens (tertiary/aromatic N) is 1. The summed E-state index contributed by atoms with van der Waals surface area (Å²) in [4.78, 5) is 26.8. The Balaban J connectivity index is 1.50. The summed E-state index contributed by atoms with van der Waals surface area (Å²) in [5.41, 5.74) is 2.50. The Morgan fingerprint density at radius 1 is 1.03 bits per heavy atom. The highest BCUT2D eigenvalue weighted by molar-refractivity contribution is 5.92. The first-order valence-corrected chi connectivity index (χ1v) is 10.2. The molecular weight excluding hydrogens is 367 g/mol. The number of hydrogen-bond acceptors (Lipinski definition) is 2. The second-order valence-electron chi connectivity index (χ2n) is 8.74. The monoisotopic (exact) mass is 396 g/mol. The van der Waals surface area contributed by atoms with Crippen LogP contribution in [0.25, 0.3) is 0 Å². The maximum Gasteiger partial charge on any atom is 0.227 e. The Hall–Kier alpha value is -2.69. The number of anilines is 1. The highest BCUT2D eigenvalue weighted by Crippen LogP contribution is 2.25. The van der Waals surface area contributed by atoms with Crippen LogP contribution in [0.4, 0.5) is 10.1 Å². The van der Waals surface area contributed by atoms with Crippen molar-refractivity contribution in [3.8, 4) is 0 Å². The van der Waals surface area contributed by atoms with Gasteiger partial charge in [0.05, 0.1) is 6.42 Å². The van der Waals surface area contributed by atoms with E-state index in [9.17, 15) is 14.0 Å². The third kappa shape index (κ3) is 5.43. The van der Waals surface area contributed by atoms with Crippen LogP contribution in [-0.4, -0.2) is 29.8 Å². The normalized spacial score (nSPS) is 15.2. The lowest BCUT2D eigenvalue weighted by Gasteiger charge is -2.31. The van der Waals surface area contributed by atoms with Crippen molar-refractivity contribution in [2.45, 2.75) is 45.4 Å². The molecule has 1 aliphatic heterocycles. The van der Waals surface area contributed by atoms with Crippen molar-refractivity contribution in [3.63, 3.8) is 0 Å². The maximum atomic E-state index is 13.8. The van der Waals surface area contributed by atoms with Crippen LogP contribution in [0.15, 0.2) is 48.5 Å². The molecule has 29 heavy (non-hydrogen) atoms. The molecule has 1 heterocycles. The van der Waals surface area contributed by atoms with E-state index >= 15 is 0 Å². The van der Waals surface area contributed by atoms with Gasteiger partial charge in [-0.2, -0.15) is 0 Å². The van der Waals surface area contributed by atoms with Crippen molar-refractivity contribution in [2.75, 3.05) is 18.4 Å². The lowest BCUT2D eigenvalue weighted by molar-refractivity contribution is -0.133. The lowest BCUT2D eigenvalue weighted by Crippen LogP contribution is -2.42. The molecule has 4 nitrogen and oxygen atoms in total. The van der Waals surface area contributed by atoms with E-state index < -0.39 is 0 Å². The van der Waals surface area contributed by atoms with Crippen LogP contribution in [0, 0.1) is 11.7 Å². The van der Waals surface area contributed by atoms with Gasteiger partial charge >= 0.3 is 0 Å². The minimum atomic E-state index is -0.354. The fourth-order valence-corrected chi connectivity index (χ4v) is 3.61. The first kappa shape index (κ1) is 21.0. The predicted octanol–water partition coefficient (Wildman–Crippen LogP) is 4.54. The minimum Gasteiger partial charge on any atom is -0.342 e. The van der Waals surface area contributed by atoms with E-state index in [4.69, 9.17) is 0 Å². The number of piperidine rings is 1. The summed E-state index contributed by atoms with van der Waals surface area (Å²) < 4.78 is 13.8. The van der Waals surface area contributed by atoms with Gasteiger partial charge in [-0.3, -0.25) is 9.59 Å². The third-order valence-corrected chi connectivity index (χ3v) is 5.54. The van der Waals surface area contributed by atoms with E-state index in [-0.39, 0.29) is 35.4 Å². The fourth-order valence-electron chi connectivity index (χ4n) is 3.61. The molecule has 0 unspecified atom stereocenters. The molecule has 1 saturated heterocycles. The van der Waals surface area contributed by atoms with Crippen LogP contribution >= 0.6 is 0 Å². The second-order valence-corrected chi connectivity index (χ2v) is 8.74. The standard InChI is InChI=1S/C24H29FN2O2/c1-24(2,3)19-8-10-20(11-9-19)26-23(29)17-12-14-27(15-13-17)22(28)16-18-6-4-5-7-21(18)25/h4-11,17H,12-16H2,1-3H3,(H,26,29). The summed E-state index contributed by atoms with van der Waals surface area (Å²) in [5.74, 6) is -0.566. The van der Waals surface area contributed by atoms with Crippen LogP contribution < -0.4 is 5.32 Å². The van der Waals surface area contributed by atoms with Gasteiger partial charge in [-0.05, 0) is 47.6 Å². The number of amides is 2. The number of benzene rings is 2. The SMILES string of the molecule is CC(C)(C)c1ccc(NC(=O)C2CCN(C(=O)Cc3ccccc3F)CC2)cc1. The molecule has 1 aliphatic rings. The molecule has 0 aliphatic carbocycles. The number of rotatable bonds is 4. The lowest BCUT2D eigenvalue weighted by atomic mass is 9.87. The molecule has 0 spiro atoms. The van der Waals surface area contributed by atoms with Crippen molar-refractivity contribution in [1.82, 2.24) is 4.90 Å². The van der Waals surface area contributed by atoms with Gasteiger partial charge in [-0.1, -0.05) is 51.1 Å². The molecule has 3 rings (SSSR count). The number of carbonyl (C=O) groups is 2. The summed E-state index contributed by atoms with van der Waals surface area (Å²) in [7, 11) is 0. The molecule has 1 N–H and O–H groups in total. The van der Waals surface area contributed by atoms with Gasteiger partial charge in [-0.15, -0.1) is 0 Å². The largest absolute Gasteiger partial charge is 0.342 e. The smallest absolute Gasteiger partial charge is 0.227 e. The zero-order valence-corrected chi connectivity index (χ0v) is 17.4. The van der Waals surface area contributed by atoms with Crippen molar-refractivity contribution in [1.29, 1.82) is 0 Å². The Labute approximate surface area is 172 Å². The summed E-state index contributed by atoms with van der Waals surface area (Å²) in [6, 6.07) is 14.3. The molecule has 2 amide bonds. The number of nitrogens with one attached hydrogen (secondary N) is 1. The summed E-state index contributed by atoms with van der Waals surface area (Å²) >= 11 is 0. The average Bonchev–Trinajstić information content (AvgIpc) is 2.69. The Bertz CT molecular complexity index is 863. The average molecular weight is 397 g/mol. The number of carbonyl (C=O) groups excluding carboxylic acids is 2. The Kier molecular flexibility index (Phi) is 6.36. The van der Waals surface area contributed by atoms with Gasteiger partial charge in [-0.25, -0.2) is 4.39 Å². The van der Waals surface area contributed by atoms with Gasteiger partial charge < -0.3 is 10.2 Å². The van der Waals surface area contributed by atoms with Gasteiger partial charge in [0.1, 0.15) is 5.82 Å². The zero-order chi connectivity index (χ0) is 21.0. The van der Waals surface area contributed by atoms with Crippen LogP contribution in [0.2, 0.25) is 0 Å². The molecule has 2 aromatic rings. The first-order chi connectivity index (χ1) is 13.7. The Morgan fingerprint density at radius 3 is 2.24 bits per heavy atom. The van der Waals surface area contributed by atoms with E-state index in [1.54, 1.807) is 23.1 Å². The topological polar surface area (TPSA) is 49.4 Å². The van der Waals surface area contributed by atoms with E-state index in [1.165, 1.54) is 11.6 Å². The zero-order valence-electron chi connectivity index (χ0n) is 17.4. The van der Waals surface area contributed by atoms with E-state index in [1.807, 2.05) is 24.3 Å². The van der Waals surface area contributed by atoms with Gasteiger partial charge in [0.2, 0.25) is 11.8 Å². The molecule has 2 aromatic carbocycles. The van der Waals surface area contributed by atoms with Crippen molar-refractivity contribution >= 4 is 17.5 Å². The van der Waals surface area contributed by atoms with E-state index in [2.05, 4.69) is 26.1 Å². The van der Waals surface area contributed by atoms with Crippen LogP contribution in [0.1, 0.15) is 44.7 Å². The minimum absolute atomic E-state index is 0.00490. The molecule has 0 atom stereocenters. The second kappa shape index (κ2) is 8.76. The van der Waals surface area contributed by atoms with Crippen molar-refractivity contribution in [2.24, 2.45) is 5.92 Å². The molecular formula is C24H29FN2O2. The quantitative estimate of drug-likeness (QED) is 0.825. The number of likely N-dealkylation sites (tertiary alicyclic amines) is 1. The molecule has 154 valence electrons. The first-order valence-electron chi connectivity index (χ1n) is 10.2. The van der Waals surface area contributed by atoms with Crippen molar-refractivity contribution < 1.29 is 14.0 Å². The number of halogens is 1. The molecule has 0 radical (unpaired) electrons. The van der Waals surface area contributed by atoms with Crippen LogP contribution in [0.5, 0.6) is 0 Å². The highest BCUT2D eigenvalue weighted by atomic mass is 19.1. The molecule has 0 aromatic heterocycles. The van der Waals surface area contributed by atoms with Crippen LogP contribution in [0.3, 0.4) is 0 Å². The van der Waals surface area contributed by atoms with Gasteiger partial charge in [0.15, 0.2) is 0 Å². The summed E-state index contributed by atoms with van der Waals surface area (Å²) in [6.07, 6.45) is 1.30. The van der Waals surface area contributed by atoms with Gasteiger partial charge in [0.25, 0.3) is 0 Å².